The summed E-state index contributed by atoms with van der Waals surface area (Å²) in [5.41, 5.74) is 3.17. The molecule has 5 nitrogen and oxygen atoms in total. The Morgan fingerprint density at radius 1 is 1.03 bits per heavy atom. The summed E-state index contributed by atoms with van der Waals surface area (Å²) in [6.45, 7) is 9.53. The van der Waals surface area contributed by atoms with Gasteiger partial charge in [0.25, 0.3) is 0 Å². The summed E-state index contributed by atoms with van der Waals surface area (Å²) in [5, 5.41) is 6.75. The number of halogens is 1. The molecule has 0 bridgehead atoms. The molecule has 1 fully saturated rings. The first kappa shape index (κ1) is 25.3. The number of hydrogen-bond acceptors (Lipinski definition) is 3. The van der Waals surface area contributed by atoms with E-state index in [2.05, 4.69) is 27.7 Å². The molecule has 33 heavy (non-hydrogen) atoms. The average molecular weight is 470 g/mol. The second kappa shape index (κ2) is 12.2. The fourth-order valence-electron chi connectivity index (χ4n) is 4.22. The number of piperidine rings is 1. The zero-order valence-electron chi connectivity index (χ0n) is 19.9. The van der Waals surface area contributed by atoms with Gasteiger partial charge in [0.15, 0.2) is 0 Å². The zero-order chi connectivity index (χ0) is 23.8. The monoisotopic (exact) mass is 469 g/mol. The van der Waals surface area contributed by atoms with Crippen molar-refractivity contribution in [2.24, 2.45) is 5.92 Å². The van der Waals surface area contributed by atoms with Gasteiger partial charge in [-0.25, -0.2) is 0 Å². The molecule has 2 aromatic carbocycles. The molecule has 178 valence electrons. The zero-order valence-corrected chi connectivity index (χ0v) is 20.7. The Kier molecular flexibility index (Phi) is 9.33. The molecule has 1 aliphatic heterocycles. The van der Waals surface area contributed by atoms with Crippen molar-refractivity contribution in [3.05, 3.63) is 64.7 Å². The standard InChI is InChI=1S/C27H36ClN3O2/c1-19(2)26(32)30-25-7-4-6-23(18-25)22-12-16-31(17-13-22)15-5-14-29-27(33)20(3)21-8-10-24(28)11-9-21/h4,6-11,18-20,22H,5,12-17H2,1-3H3,(H,29,33)(H,30,32). The highest BCUT2D eigenvalue weighted by Gasteiger charge is 2.21. The lowest BCUT2D eigenvalue weighted by molar-refractivity contribution is -0.122. The van der Waals surface area contributed by atoms with Crippen LogP contribution in [0, 0.1) is 5.92 Å². The molecule has 3 rings (SSSR count). The van der Waals surface area contributed by atoms with Gasteiger partial charge in [0.2, 0.25) is 11.8 Å². The molecular formula is C27H36ClN3O2. The quantitative estimate of drug-likeness (QED) is 0.482. The number of benzene rings is 2. The Bertz CT molecular complexity index is 921. The highest BCUT2D eigenvalue weighted by Crippen LogP contribution is 2.29. The summed E-state index contributed by atoms with van der Waals surface area (Å²) < 4.78 is 0. The third kappa shape index (κ3) is 7.58. The Balaban J connectivity index is 1.37. The summed E-state index contributed by atoms with van der Waals surface area (Å²) in [5.74, 6) is 0.426. The van der Waals surface area contributed by atoms with Crippen molar-refractivity contribution in [1.29, 1.82) is 0 Å². The summed E-state index contributed by atoms with van der Waals surface area (Å²) in [6.07, 6.45) is 3.17. The highest BCUT2D eigenvalue weighted by atomic mass is 35.5. The van der Waals surface area contributed by atoms with Crippen molar-refractivity contribution in [2.75, 3.05) is 31.5 Å². The van der Waals surface area contributed by atoms with E-state index < -0.39 is 0 Å². The topological polar surface area (TPSA) is 61.4 Å². The molecule has 2 aromatic rings. The molecule has 0 spiro atoms. The first-order valence-corrected chi connectivity index (χ1v) is 12.4. The maximum atomic E-state index is 12.4. The second-order valence-electron chi connectivity index (χ2n) is 9.30. The lowest BCUT2D eigenvalue weighted by Crippen LogP contribution is -2.36. The summed E-state index contributed by atoms with van der Waals surface area (Å²) in [6, 6.07) is 15.7. The van der Waals surface area contributed by atoms with Crippen LogP contribution in [0.25, 0.3) is 0 Å². The van der Waals surface area contributed by atoms with Crippen LogP contribution in [0.2, 0.25) is 5.02 Å². The van der Waals surface area contributed by atoms with Crippen molar-refractivity contribution in [3.63, 3.8) is 0 Å². The number of likely N-dealkylation sites (tertiary alicyclic amines) is 1. The van der Waals surface area contributed by atoms with Gasteiger partial charge >= 0.3 is 0 Å². The predicted molar refractivity (Wildman–Crippen MR) is 136 cm³/mol. The van der Waals surface area contributed by atoms with Crippen LogP contribution in [0.5, 0.6) is 0 Å². The maximum absolute atomic E-state index is 12.4. The van der Waals surface area contributed by atoms with E-state index in [1.807, 2.05) is 57.2 Å². The van der Waals surface area contributed by atoms with Crippen LogP contribution in [0.3, 0.4) is 0 Å². The van der Waals surface area contributed by atoms with Gasteiger partial charge in [0.05, 0.1) is 5.92 Å². The Labute approximate surface area is 202 Å². The molecule has 1 aliphatic rings. The molecule has 0 aliphatic carbocycles. The fourth-order valence-corrected chi connectivity index (χ4v) is 4.34. The minimum absolute atomic E-state index is 0.0256. The van der Waals surface area contributed by atoms with Crippen LogP contribution in [-0.2, 0) is 9.59 Å². The third-order valence-corrected chi connectivity index (χ3v) is 6.70. The van der Waals surface area contributed by atoms with Gasteiger partial charge < -0.3 is 15.5 Å². The largest absolute Gasteiger partial charge is 0.356 e. The number of amides is 2. The van der Waals surface area contributed by atoms with Crippen LogP contribution in [-0.4, -0.2) is 42.9 Å². The molecule has 1 saturated heterocycles. The summed E-state index contributed by atoms with van der Waals surface area (Å²) in [7, 11) is 0. The van der Waals surface area contributed by atoms with Crippen molar-refractivity contribution in [3.8, 4) is 0 Å². The molecule has 1 unspecified atom stereocenters. The van der Waals surface area contributed by atoms with E-state index >= 15 is 0 Å². The van der Waals surface area contributed by atoms with Crippen molar-refractivity contribution in [2.45, 2.75) is 51.9 Å². The van der Waals surface area contributed by atoms with E-state index in [0.29, 0.717) is 17.5 Å². The van der Waals surface area contributed by atoms with Gasteiger partial charge in [-0.3, -0.25) is 9.59 Å². The number of hydrogen-bond donors (Lipinski definition) is 2. The van der Waals surface area contributed by atoms with Gasteiger partial charge in [-0.05, 0) is 87.1 Å². The van der Waals surface area contributed by atoms with Crippen LogP contribution in [0.1, 0.15) is 63.0 Å². The third-order valence-electron chi connectivity index (χ3n) is 6.45. The summed E-state index contributed by atoms with van der Waals surface area (Å²) in [4.78, 5) is 26.9. The number of anilines is 1. The molecule has 0 saturated carbocycles. The SMILES string of the molecule is CC(C)C(=O)Nc1cccc(C2CCN(CCCNC(=O)C(C)c3ccc(Cl)cc3)CC2)c1. The smallest absolute Gasteiger partial charge is 0.227 e. The average Bonchev–Trinajstić information content (AvgIpc) is 2.82. The van der Waals surface area contributed by atoms with Crippen LogP contribution in [0.4, 0.5) is 5.69 Å². The number of nitrogens with zero attached hydrogens (tertiary/aromatic N) is 1. The van der Waals surface area contributed by atoms with Crippen LogP contribution < -0.4 is 10.6 Å². The highest BCUT2D eigenvalue weighted by molar-refractivity contribution is 6.30. The molecular weight excluding hydrogens is 434 g/mol. The molecule has 2 amide bonds. The van der Waals surface area contributed by atoms with Gasteiger partial charge in [-0.1, -0.05) is 49.7 Å². The number of carbonyl (C=O) groups is 2. The van der Waals surface area contributed by atoms with Crippen LogP contribution in [0.15, 0.2) is 48.5 Å². The van der Waals surface area contributed by atoms with Gasteiger partial charge in [0, 0.05) is 23.2 Å². The lowest BCUT2D eigenvalue weighted by Gasteiger charge is -2.32. The molecule has 0 radical (unpaired) electrons. The number of carbonyl (C=O) groups excluding carboxylic acids is 2. The number of rotatable bonds is 9. The van der Waals surface area contributed by atoms with E-state index in [-0.39, 0.29) is 23.7 Å². The minimum Gasteiger partial charge on any atom is -0.356 e. The Hall–Kier alpha value is -2.37. The number of nitrogens with one attached hydrogen (secondary N) is 2. The van der Waals surface area contributed by atoms with Gasteiger partial charge in [-0.2, -0.15) is 0 Å². The normalized spacial score (nSPS) is 15.9. The van der Waals surface area contributed by atoms with Gasteiger partial charge in [-0.15, -0.1) is 0 Å². The van der Waals surface area contributed by atoms with E-state index in [1.165, 1.54) is 5.56 Å². The summed E-state index contributed by atoms with van der Waals surface area (Å²) >= 11 is 5.93. The van der Waals surface area contributed by atoms with Crippen molar-refractivity contribution in [1.82, 2.24) is 10.2 Å². The maximum Gasteiger partial charge on any atom is 0.227 e. The first-order chi connectivity index (χ1) is 15.8. The van der Waals surface area contributed by atoms with E-state index in [9.17, 15) is 9.59 Å². The lowest BCUT2D eigenvalue weighted by atomic mass is 9.89. The van der Waals surface area contributed by atoms with Crippen LogP contribution >= 0.6 is 11.6 Å². The van der Waals surface area contributed by atoms with E-state index in [1.54, 1.807) is 0 Å². The molecule has 6 heteroatoms. The van der Waals surface area contributed by atoms with E-state index in [4.69, 9.17) is 11.6 Å². The molecule has 0 aromatic heterocycles. The molecule has 2 N–H and O–H groups in total. The van der Waals surface area contributed by atoms with Gasteiger partial charge in [0.1, 0.15) is 0 Å². The molecule has 1 heterocycles. The second-order valence-corrected chi connectivity index (χ2v) is 9.74. The van der Waals surface area contributed by atoms with Crippen molar-refractivity contribution >= 4 is 29.1 Å². The Morgan fingerprint density at radius 2 is 1.73 bits per heavy atom. The van der Waals surface area contributed by atoms with Crippen molar-refractivity contribution < 1.29 is 9.59 Å². The minimum atomic E-state index is -0.181. The van der Waals surface area contributed by atoms with E-state index in [0.717, 1.165) is 50.1 Å². The Morgan fingerprint density at radius 3 is 2.39 bits per heavy atom. The fraction of sp³-hybridized carbons (Fsp3) is 0.481. The first-order valence-electron chi connectivity index (χ1n) is 12.0. The predicted octanol–water partition coefficient (Wildman–Crippen LogP) is 5.42. The molecule has 1 atom stereocenters.